The molecule has 0 spiro atoms. The summed E-state index contributed by atoms with van der Waals surface area (Å²) >= 11 is 1.75. The third-order valence-corrected chi connectivity index (χ3v) is 3.98. The first-order valence-electron chi connectivity index (χ1n) is 6.70. The molecule has 5 heteroatoms. The molecule has 0 saturated carbocycles. The molecule has 0 aliphatic carbocycles. The van der Waals surface area contributed by atoms with E-state index in [4.69, 9.17) is 5.73 Å². The van der Waals surface area contributed by atoms with Crippen LogP contribution in [0.2, 0.25) is 0 Å². The molecule has 0 bridgehead atoms. The van der Waals surface area contributed by atoms with Crippen LogP contribution in [0.1, 0.15) is 37.0 Å². The highest BCUT2D eigenvalue weighted by Gasteiger charge is 2.08. The molecule has 0 aliphatic rings. The molecule has 1 heterocycles. The minimum atomic E-state index is 0. The van der Waals surface area contributed by atoms with E-state index >= 15 is 0 Å². The number of amides is 1. The van der Waals surface area contributed by atoms with Gasteiger partial charge in [-0.25, -0.2) is 0 Å². The minimum Gasteiger partial charge on any atom is -0.345 e. The van der Waals surface area contributed by atoms with Crippen LogP contribution in [0.5, 0.6) is 0 Å². The fraction of sp³-hybridized carbons (Fsp3) is 0.643. The fourth-order valence-electron chi connectivity index (χ4n) is 1.82. The largest absolute Gasteiger partial charge is 0.345 e. The Bertz CT molecular complexity index is 330. The van der Waals surface area contributed by atoms with E-state index in [9.17, 15) is 4.79 Å². The van der Waals surface area contributed by atoms with Gasteiger partial charge in [-0.1, -0.05) is 18.9 Å². The van der Waals surface area contributed by atoms with Crippen molar-refractivity contribution in [3.05, 3.63) is 22.4 Å². The molecule has 110 valence electrons. The molecule has 0 aliphatic heterocycles. The Morgan fingerprint density at radius 3 is 2.68 bits per heavy atom. The summed E-state index contributed by atoms with van der Waals surface area (Å²) in [5.41, 5.74) is 5.43. The number of hydrogen-bond acceptors (Lipinski definition) is 3. The zero-order valence-electron chi connectivity index (χ0n) is 11.6. The Morgan fingerprint density at radius 1 is 1.32 bits per heavy atom. The van der Waals surface area contributed by atoms with Gasteiger partial charge >= 0.3 is 0 Å². The molecule has 0 saturated heterocycles. The van der Waals surface area contributed by atoms with Crippen LogP contribution in [0.15, 0.2) is 17.5 Å². The highest BCUT2D eigenvalue weighted by molar-refractivity contribution is 7.09. The number of unbranched alkanes of at least 4 members (excludes halogenated alkanes) is 3. The van der Waals surface area contributed by atoms with Gasteiger partial charge in [0.15, 0.2) is 0 Å². The normalized spacial score (nSPS) is 10.0. The molecule has 0 aromatic carbocycles. The number of nitrogens with two attached hydrogens (primary N) is 1. The predicted octanol–water partition coefficient (Wildman–Crippen LogP) is 3.08. The quantitative estimate of drug-likeness (QED) is 0.713. The topological polar surface area (TPSA) is 46.3 Å². The molecule has 0 atom stereocenters. The van der Waals surface area contributed by atoms with Crippen molar-refractivity contribution >= 4 is 29.7 Å². The van der Waals surface area contributed by atoms with E-state index in [1.54, 1.807) is 11.3 Å². The lowest BCUT2D eigenvalue weighted by atomic mass is 10.1. The third-order valence-electron chi connectivity index (χ3n) is 3.04. The van der Waals surface area contributed by atoms with Crippen molar-refractivity contribution < 1.29 is 4.79 Å². The first-order chi connectivity index (χ1) is 8.74. The number of likely N-dealkylation sites (N-methyl/N-ethyl adjacent to an activating group) is 1. The second-order valence-electron chi connectivity index (χ2n) is 4.60. The van der Waals surface area contributed by atoms with Gasteiger partial charge in [-0.3, -0.25) is 4.79 Å². The van der Waals surface area contributed by atoms with E-state index < -0.39 is 0 Å². The predicted molar refractivity (Wildman–Crippen MR) is 85.0 cm³/mol. The van der Waals surface area contributed by atoms with Crippen LogP contribution in [0.3, 0.4) is 0 Å². The Morgan fingerprint density at radius 2 is 2.05 bits per heavy atom. The summed E-state index contributed by atoms with van der Waals surface area (Å²) in [6.45, 7) is 1.58. The number of hydrogen-bond donors (Lipinski definition) is 1. The van der Waals surface area contributed by atoms with Gasteiger partial charge in [0.1, 0.15) is 0 Å². The van der Waals surface area contributed by atoms with E-state index in [0.29, 0.717) is 6.42 Å². The van der Waals surface area contributed by atoms with Crippen molar-refractivity contribution in [2.75, 3.05) is 20.1 Å². The summed E-state index contributed by atoms with van der Waals surface area (Å²) in [4.78, 5) is 15.0. The second-order valence-corrected chi connectivity index (χ2v) is 5.63. The zero-order valence-corrected chi connectivity index (χ0v) is 13.3. The van der Waals surface area contributed by atoms with Gasteiger partial charge in [0.05, 0.1) is 0 Å². The molecule has 19 heavy (non-hydrogen) atoms. The number of nitrogens with zero attached hydrogens (tertiary/aromatic N) is 1. The van der Waals surface area contributed by atoms with Gasteiger partial charge in [-0.15, -0.1) is 23.7 Å². The summed E-state index contributed by atoms with van der Waals surface area (Å²) in [6.07, 6.45) is 5.95. The van der Waals surface area contributed by atoms with Gasteiger partial charge < -0.3 is 10.6 Å². The number of thiophene rings is 1. The van der Waals surface area contributed by atoms with Gasteiger partial charge in [0.2, 0.25) is 5.91 Å². The Hall–Kier alpha value is -0.580. The SMILES string of the molecule is CN(CCc1cccs1)C(=O)CCCCCCN.Cl. The molecular formula is C14H25ClN2OS. The lowest BCUT2D eigenvalue weighted by Gasteiger charge is -2.16. The van der Waals surface area contributed by atoms with E-state index in [-0.39, 0.29) is 18.3 Å². The Balaban J connectivity index is 0.00000324. The number of carbonyl (C=O) groups is 1. The lowest BCUT2D eigenvalue weighted by molar-refractivity contribution is -0.130. The summed E-state index contributed by atoms with van der Waals surface area (Å²) in [6, 6.07) is 4.18. The molecule has 0 unspecified atom stereocenters. The van der Waals surface area contributed by atoms with Crippen LogP contribution in [0.4, 0.5) is 0 Å². The highest BCUT2D eigenvalue weighted by atomic mass is 35.5. The van der Waals surface area contributed by atoms with Gasteiger partial charge in [0, 0.05) is 24.9 Å². The van der Waals surface area contributed by atoms with E-state index in [0.717, 1.165) is 45.2 Å². The minimum absolute atomic E-state index is 0. The molecule has 2 N–H and O–H groups in total. The summed E-state index contributed by atoms with van der Waals surface area (Å²) in [5.74, 6) is 0.263. The number of rotatable bonds is 9. The Labute approximate surface area is 126 Å². The third kappa shape index (κ3) is 8.24. The maximum absolute atomic E-state index is 11.8. The first-order valence-corrected chi connectivity index (χ1v) is 7.58. The number of carbonyl (C=O) groups excluding carboxylic acids is 1. The maximum Gasteiger partial charge on any atom is 0.222 e. The smallest absolute Gasteiger partial charge is 0.222 e. The van der Waals surface area contributed by atoms with Gasteiger partial charge in [-0.2, -0.15) is 0 Å². The molecular weight excluding hydrogens is 280 g/mol. The average molecular weight is 305 g/mol. The zero-order chi connectivity index (χ0) is 13.2. The molecule has 1 aromatic rings. The molecule has 1 amide bonds. The van der Waals surface area contributed by atoms with Crippen LogP contribution in [0.25, 0.3) is 0 Å². The van der Waals surface area contributed by atoms with Crippen LogP contribution >= 0.6 is 23.7 Å². The van der Waals surface area contributed by atoms with Gasteiger partial charge in [0.25, 0.3) is 0 Å². The van der Waals surface area contributed by atoms with Crippen LogP contribution in [-0.4, -0.2) is 30.9 Å². The van der Waals surface area contributed by atoms with Gasteiger partial charge in [-0.05, 0) is 37.3 Å². The number of halogens is 1. The molecule has 1 rings (SSSR count). The Kier molecular flexibility index (Phi) is 10.9. The van der Waals surface area contributed by atoms with E-state index in [1.807, 2.05) is 11.9 Å². The maximum atomic E-state index is 11.8. The summed E-state index contributed by atoms with van der Waals surface area (Å²) < 4.78 is 0. The lowest BCUT2D eigenvalue weighted by Crippen LogP contribution is -2.28. The van der Waals surface area contributed by atoms with Crippen molar-refractivity contribution in [1.82, 2.24) is 4.90 Å². The second kappa shape index (κ2) is 11.3. The molecule has 3 nitrogen and oxygen atoms in total. The summed E-state index contributed by atoms with van der Waals surface area (Å²) in [5, 5.41) is 2.08. The van der Waals surface area contributed by atoms with Crippen molar-refractivity contribution in [3.63, 3.8) is 0 Å². The highest BCUT2D eigenvalue weighted by Crippen LogP contribution is 2.10. The first kappa shape index (κ1) is 18.4. The molecule has 0 fully saturated rings. The standard InChI is InChI=1S/C14H24N2OS.ClH/c1-16(11-9-13-7-6-12-18-13)14(17)8-4-2-3-5-10-15;/h6-7,12H,2-5,8-11,15H2,1H3;1H. The fourth-order valence-corrected chi connectivity index (χ4v) is 2.52. The van der Waals surface area contributed by atoms with Crippen LogP contribution in [-0.2, 0) is 11.2 Å². The van der Waals surface area contributed by atoms with E-state index in [2.05, 4.69) is 17.5 Å². The van der Waals surface area contributed by atoms with Crippen LogP contribution < -0.4 is 5.73 Å². The summed E-state index contributed by atoms with van der Waals surface area (Å²) in [7, 11) is 1.90. The monoisotopic (exact) mass is 304 g/mol. The van der Waals surface area contributed by atoms with Crippen LogP contribution in [0, 0.1) is 0 Å². The van der Waals surface area contributed by atoms with Crippen molar-refractivity contribution in [1.29, 1.82) is 0 Å². The average Bonchev–Trinajstić information content (AvgIpc) is 2.88. The molecule has 0 radical (unpaired) electrons. The molecule has 1 aromatic heterocycles. The van der Waals surface area contributed by atoms with E-state index in [1.165, 1.54) is 4.88 Å². The van der Waals surface area contributed by atoms with Crippen molar-refractivity contribution in [2.45, 2.75) is 38.5 Å². The van der Waals surface area contributed by atoms with Crippen molar-refractivity contribution in [3.8, 4) is 0 Å². The van der Waals surface area contributed by atoms with Crippen molar-refractivity contribution in [2.24, 2.45) is 5.73 Å².